The monoisotopic (exact) mass is 356 g/mol. The van der Waals surface area contributed by atoms with Gasteiger partial charge in [0.05, 0.1) is 6.54 Å². The lowest BCUT2D eigenvalue weighted by Gasteiger charge is -2.24. The number of nitrogens with one attached hydrogen (secondary N) is 1. The van der Waals surface area contributed by atoms with Crippen molar-refractivity contribution in [2.45, 2.75) is 33.2 Å². The summed E-state index contributed by atoms with van der Waals surface area (Å²) in [5, 5.41) is 3.33. The minimum absolute atomic E-state index is 0.201. The molecule has 0 aliphatic carbocycles. The second kappa shape index (κ2) is 5.80. The predicted molar refractivity (Wildman–Crippen MR) is 88.5 cm³/mol. The van der Waals surface area contributed by atoms with Crippen molar-refractivity contribution in [1.82, 2.24) is 10.2 Å². The van der Waals surface area contributed by atoms with E-state index in [0.717, 1.165) is 4.90 Å². The molecular weight excluding hydrogens is 339 g/mol. The quantitative estimate of drug-likeness (QED) is 0.844. The fourth-order valence-corrected chi connectivity index (χ4v) is 2.90. The number of hydrogen-bond donors (Lipinski definition) is 1. The van der Waals surface area contributed by atoms with Gasteiger partial charge in [-0.1, -0.05) is 50.0 Å². The maximum Gasteiger partial charge on any atom is 0.325 e. The number of carbonyl (C=O) groups excluding carboxylic acids is 3. The van der Waals surface area contributed by atoms with Crippen LogP contribution in [0.3, 0.4) is 0 Å². The molecule has 1 aromatic rings. The van der Waals surface area contributed by atoms with Crippen molar-refractivity contribution >= 4 is 40.9 Å². The molecule has 1 aromatic carbocycles. The van der Waals surface area contributed by atoms with Crippen LogP contribution in [-0.2, 0) is 15.1 Å². The van der Waals surface area contributed by atoms with E-state index < -0.39 is 22.9 Å². The van der Waals surface area contributed by atoms with Crippen molar-refractivity contribution in [2.75, 3.05) is 6.54 Å². The number of carbonyl (C=O) groups is 3. The third kappa shape index (κ3) is 3.21. The molecule has 124 valence electrons. The number of amides is 3. The van der Waals surface area contributed by atoms with Crippen molar-refractivity contribution in [1.29, 1.82) is 0 Å². The first kappa shape index (κ1) is 17.8. The third-order valence-corrected chi connectivity index (χ3v) is 4.43. The molecule has 1 aliphatic heterocycles. The van der Waals surface area contributed by atoms with Crippen molar-refractivity contribution in [3.8, 4) is 0 Å². The summed E-state index contributed by atoms with van der Waals surface area (Å²) in [6.07, 6.45) is 0. The highest BCUT2D eigenvalue weighted by Gasteiger charge is 2.50. The maximum atomic E-state index is 12.7. The van der Waals surface area contributed by atoms with Crippen LogP contribution in [0.15, 0.2) is 18.2 Å². The van der Waals surface area contributed by atoms with Crippen molar-refractivity contribution in [3.05, 3.63) is 33.8 Å². The molecule has 0 saturated carbocycles. The van der Waals surface area contributed by atoms with Gasteiger partial charge in [0.1, 0.15) is 5.54 Å². The molecule has 1 saturated heterocycles. The SMILES string of the molecule is CC(C)(C)C(=O)CN1C(=O)N[C@@](C)(c2ccc(Cl)cc2Cl)C1=O. The highest BCUT2D eigenvalue weighted by Crippen LogP contribution is 2.35. The Hall–Kier alpha value is -1.59. The van der Waals surface area contributed by atoms with E-state index in [1.54, 1.807) is 39.8 Å². The molecule has 0 unspecified atom stereocenters. The van der Waals surface area contributed by atoms with Crippen LogP contribution in [0.5, 0.6) is 0 Å². The van der Waals surface area contributed by atoms with Gasteiger partial charge in [0.15, 0.2) is 5.78 Å². The first-order chi connectivity index (χ1) is 10.5. The summed E-state index contributed by atoms with van der Waals surface area (Å²) < 4.78 is 0. The maximum absolute atomic E-state index is 12.7. The van der Waals surface area contributed by atoms with Gasteiger partial charge in [0, 0.05) is 21.0 Å². The zero-order valence-electron chi connectivity index (χ0n) is 13.4. The number of benzene rings is 1. The van der Waals surface area contributed by atoms with Gasteiger partial charge in [-0.25, -0.2) is 4.79 Å². The number of nitrogens with zero attached hydrogens (tertiary/aromatic N) is 1. The Kier molecular flexibility index (Phi) is 4.48. The van der Waals surface area contributed by atoms with Crippen LogP contribution in [0.2, 0.25) is 10.0 Å². The standard InChI is InChI=1S/C16H18Cl2N2O3/c1-15(2,3)12(21)8-20-13(22)16(4,19-14(20)23)10-6-5-9(17)7-11(10)18/h5-7H,8H2,1-4H3,(H,19,23)/t16-/m0/s1. The predicted octanol–water partition coefficient (Wildman–Crippen LogP) is 3.38. The van der Waals surface area contributed by atoms with Gasteiger partial charge in [-0.3, -0.25) is 14.5 Å². The van der Waals surface area contributed by atoms with E-state index in [9.17, 15) is 14.4 Å². The molecular formula is C16H18Cl2N2O3. The number of imide groups is 1. The number of rotatable bonds is 3. The second-order valence-corrected chi connectivity index (χ2v) is 7.59. The zero-order chi connectivity index (χ0) is 17.6. The summed E-state index contributed by atoms with van der Waals surface area (Å²) in [7, 11) is 0. The largest absolute Gasteiger partial charge is 0.325 e. The second-order valence-electron chi connectivity index (χ2n) is 6.74. The lowest BCUT2D eigenvalue weighted by Crippen LogP contribution is -2.43. The van der Waals surface area contributed by atoms with Gasteiger partial charge in [0.25, 0.3) is 5.91 Å². The Bertz CT molecular complexity index is 697. The third-order valence-electron chi connectivity index (χ3n) is 3.88. The van der Waals surface area contributed by atoms with E-state index in [1.165, 1.54) is 6.07 Å². The molecule has 23 heavy (non-hydrogen) atoms. The molecule has 0 spiro atoms. The molecule has 5 nitrogen and oxygen atoms in total. The summed E-state index contributed by atoms with van der Waals surface area (Å²) in [5.41, 5.74) is -1.53. The van der Waals surface area contributed by atoms with Gasteiger partial charge in [-0.2, -0.15) is 0 Å². The number of Topliss-reactive ketones (excluding diaryl/α,β-unsaturated/α-hetero) is 1. The van der Waals surface area contributed by atoms with Crippen molar-refractivity contribution < 1.29 is 14.4 Å². The Labute approximate surface area is 144 Å². The van der Waals surface area contributed by atoms with E-state index in [4.69, 9.17) is 23.2 Å². The van der Waals surface area contributed by atoms with Crippen LogP contribution in [0.1, 0.15) is 33.3 Å². The minimum atomic E-state index is -1.32. The average Bonchev–Trinajstić information content (AvgIpc) is 2.61. The fourth-order valence-electron chi connectivity index (χ4n) is 2.30. The summed E-state index contributed by atoms with van der Waals surface area (Å²) in [6.45, 7) is 6.51. The molecule has 0 aromatic heterocycles. The van der Waals surface area contributed by atoms with Gasteiger partial charge in [0.2, 0.25) is 0 Å². The molecule has 3 amide bonds. The van der Waals surface area contributed by atoms with Crippen molar-refractivity contribution in [3.63, 3.8) is 0 Å². The van der Waals surface area contributed by atoms with Crippen LogP contribution in [0.4, 0.5) is 4.79 Å². The fraction of sp³-hybridized carbons (Fsp3) is 0.438. The summed E-state index contributed by atoms with van der Waals surface area (Å²) in [4.78, 5) is 38.0. The number of halogens is 2. The van der Waals surface area contributed by atoms with Gasteiger partial charge in [-0.05, 0) is 19.1 Å². The molecule has 1 aliphatic rings. The van der Waals surface area contributed by atoms with E-state index in [2.05, 4.69) is 5.32 Å². The average molecular weight is 357 g/mol. The highest BCUT2D eigenvalue weighted by atomic mass is 35.5. The van der Waals surface area contributed by atoms with Gasteiger partial charge < -0.3 is 5.32 Å². The van der Waals surface area contributed by atoms with E-state index in [-0.39, 0.29) is 17.4 Å². The minimum Gasteiger partial charge on any atom is -0.319 e. The molecule has 2 rings (SSSR count). The van der Waals surface area contributed by atoms with Crippen LogP contribution >= 0.6 is 23.2 Å². The van der Waals surface area contributed by atoms with Crippen LogP contribution in [0, 0.1) is 5.41 Å². The van der Waals surface area contributed by atoms with Crippen LogP contribution in [0.25, 0.3) is 0 Å². The smallest absolute Gasteiger partial charge is 0.319 e. The molecule has 7 heteroatoms. The number of urea groups is 1. The molecule has 0 radical (unpaired) electrons. The highest BCUT2D eigenvalue weighted by molar-refractivity contribution is 6.35. The Morgan fingerprint density at radius 3 is 2.39 bits per heavy atom. The molecule has 1 heterocycles. The van der Waals surface area contributed by atoms with Crippen LogP contribution in [-0.4, -0.2) is 29.2 Å². The molecule has 1 atom stereocenters. The number of hydrogen-bond acceptors (Lipinski definition) is 3. The lowest BCUT2D eigenvalue weighted by atomic mass is 9.89. The summed E-state index contributed by atoms with van der Waals surface area (Å²) in [6, 6.07) is 4.08. The van der Waals surface area contributed by atoms with E-state index in [0.29, 0.717) is 10.6 Å². The normalized spacial score (nSPS) is 21.6. The lowest BCUT2D eigenvalue weighted by molar-refractivity contribution is -0.136. The molecule has 1 fully saturated rings. The summed E-state index contributed by atoms with van der Waals surface area (Å²) in [5.74, 6) is -0.711. The number of ketones is 1. The summed E-state index contributed by atoms with van der Waals surface area (Å²) >= 11 is 12.0. The molecule has 1 N–H and O–H groups in total. The molecule has 0 bridgehead atoms. The van der Waals surface area contributed by atoms with E-state index in [1.807, 2.05) is 0 Å². The Balaban J connectivity index is 2.35. The van der Waals surface area contributed by atoms with Gasteiger partial charge >= 0.3 is 6.03 Å². The van der Waals surface area contributed by atoms with Gasteiger partial charge in [-0.15, -0.1) is 0 Å². The Morgan fingerprint density at radius 1 is 1.26 bits per heavy atom. The first-order valence-electron chi connectivity index (χ1n) is 7.10. The zero-order valence-corrected chi connectivity index (χ0v) is 14.9. The first-order valence-corrected chi connectivity index (χ1v) is 7.85. The van der Waals surface area contributed by atoms with E-state index >= 15 is 0 Å². The Morgan fingerprint density at radius 2 is 1.87 bits per heavy atom. The van der Waals surface area contributed by atoms with Crippen LogP contribution < -0.4 is 5.32 Å². The van der Waals surface area contributed by atoms with Crippen molar-refractivity contribution in [2.24, 2.45) is 5.41 Å². The topological polar surface area (TPSA) is 66.5 Å².